The van der Waals surface area contributed by atoms with Crippen LogP contribution in [0.3, 0.4) is 0 Å². The SMILES string of the molecule is CCc1c(Cc2[nH]c(C(=O)c3ccccc3)c(C)c2CCCOC(C)=O)[nH]c(Cc2[nH]c(C(=O)c3ccccc3)c(C)c2CCCOC(C)=O)c1CC. The highest BCUT2D eigenvalue weighted by molar-refractivity contribution is 6.09. The van der Waals surface area contributed by atoms with Gasteiger partial charge in [0, 0.05) is 60.6 Å². The van der Waals surface area contributed by atoms with Crippen LogP contribution < -0.4 is 0 Å². The first-order valence-corrected chi connectivity index (χ1v) is 18.6. The van der Waals surface area contributed by atoms with Gasteiger partial charge >= 0.3 is 11.9 Å². The van der Waals surface area contributed by atoms with Crippen LogP contribution in [-0.4, -0.2) is 51.7 Å². The number of H-pyrrole nitrogens is 3. The highest BCUT2D eigenvalue weighted by atomic mass is 16.5. The normalized spacial score (nSPS) is 11.1. The molecule has 0 bridgehead atoms. The van der Waals surface area contributed by atoms with Gasteiger partial charge in [-0.2, -0.15) is 0 Å². The number of hydrogen-bond acceptors (Lipinski definition) is 6. The second-order valence-electron chi connectivity index (χ2n) is 13.5. The minimum absolute atomic E-state index is 0.0584. The van der Waals surface area contributed by atoms with Crippen molar-refractivity contribution in [1.82, 2.24) is 15.0 Å². The van der Waals surface area contributed by atoms with E-state index in [1.807, 2.05) is 74.5 Å². The standard InChI is InChI=1S/C44H51N3O6/c1-7-33-34(8-2)38(26-40-36(22-16-24-53-30(6)49)28(4)42(47-40)44(51)32-19-13-10-14-20-32)45-37(33)25-39-35(21-15-23-52-29(5)48)27(3)41(46-39)43(50)31-17-11-9-12-18-31/h9-14,17-20,45-47H,7-8,15-16,21-26H2,1-6H3. The lowest BCUT2D eigenvalue weighted by Crippen LogP contribution is -2.04. The van der Waals surface area contributed by atoms with Gasteiger partial charge in [-0.3, -0.25) is 19.2 Å². The summed E-state index contributed by atoms with van der Waals surface area (Å²) in [4.78, 5) is 61.2. The molecule has 53 heavy (non-hydrogen) atoms. The Morgan fingerprint density at radius 2 is 0.887 bits per heavy atom. The third-order valence-electron chi connectivity index (χ3n) is 10.0. The lowest BCUT2D eigenvalue weighted by Gasteiger charge is -2.08. The first-order chi connectivity index (χ1) is 25.5. The van der Waals surface area contributed by atoms with E-state index in [2.05, 4.69) is 28.8 Å². The summed E-state index contributed by atoms with van der Waals surface area (Å²) in [6.45, 7) is 11.7. The number of aromatic amines is 3. The summed E-state index contributed by atoms with van der Waals surface area (Å²) < 4.78 is 10.5. The molecule has 9 heteroatoms. The molecule has 9 nitrogen and oxygen atoms in total. The first-order valence-electron chi connectivity index (χ1n) is 18.6. The summed E-state index contributed by atoms with van der Waals surface area (Å²) in [5, 5.41) is 0. The Hall–Kier alpha value is -5.44. The molecule has 278 valence electrons. The van der Waals surface area contributed by atoms with Gasteiger partial charge in [-0.15, -0.1) is 0 Å². The number of benzene rings is 2. The maximum absolute atomic E-state index is 13.7. The molecule has 0 atom stereocenters. The van der Waals surface area contributed by atoms with Crippen LogP contribution in [-0.2, 0) is 57.6 Å². The van der Waals surface area contributed by atoms with Crippen molar-refractivity contribution >= 4 is 23.5 Å². The van der Waals surface area contributed by atoms with Gasteiger partial charge in [0.15, 0.2) is 0 Å². The zero-order chi connectivity index (χ0) is 38.1. The fraction of sp³-hybridized carbons (Fsp3) is 0.364. The maximum atomic E-state index is 13.7. The molecule has 0 radical (unpaired) electrons. The Morgan fingerprint density at radius 1 is 0.528 bits per heavy atom. The molecule has 0 aliphatic heterocycles. The van der Waals surface area contributed by atoms with Crippen molar-refractivity contribution in [3.63, 3.8) is 0 Å². The van der Waals surface area contributed by atoms with E-state index in [-0.39, 0.29) is 23.5 Å². The molecular weight excluding hydrogens is 666 g/mol. The van der Waals surface area contributed by atoms with Crippen LogP contribution in [0.25, 0.3) is 0 Å². The number of nitrogens with one attached hydrogen (secondary N) is 3. The Balaban J connectivity index is 1.52. The van der Waals surface area contributed by atoms with Crippen LogP contribution in [0.4, 0.5) is 0 Å². The van der Waals surface area contributed by atoms with Crippen molar-refractivity contribution < 1.29 is 28.7 Å². The van der Waals surface area contributed by atoms with Crippen LogP contribution in [0.5, 0.6) is 0 Å². The van der Waals surface area contributed by atoms with Gasteiger partial charge in [-0.05, 0) is 85.8 Å². The van der Waals surface area contributed by atoms with E-state index in [0.717, 1.165) is 57.9 Å². The van der Waals surface area contributed by atoms with Crippen LogP contribution in [0.15, 0.2) is 60.7 Å². The van der Waals surface area contributed by atoms with Gasteiger partial charge < -0.3 is 24.4 Å². The van der Waals surface area contributed by atoms with E-state index in [1.165, 1.54) is 25.0 Å². The molecule has 0 unspecified atom stereocenters. The van der Waals surface area contributed by atoms with E-state index in [0.29, 0.717) is 74.3 Å². The van der Waals surface area contributed by atoms with Crippen molar-refractivity contribution in [3.05, 3.63) is 139 Å². The molecule has 0 spiro atoms. The van der Waals surface area contributed by atoms with Gasteiger partial charge in [0.2, 0.25) is 11.6 Å². The van der Waals surface area contributed by atoms with E-state index >= 15 is 0 Å². The van der Waals surface area contributed by atoms with Gasteiger partial charge in [0.05, 0.1) is 24.6 Å². The Kier molecular flexibility index (Phi) is 13.1. The number of aromatic nitrogens is 3. The van der Waals surface area contributed by atoms with Gasteiger partial charge in [0.1, 0.15) is 0 Å². The van der Waals surface area contributed by atoms with Crippen LogP contribution >= 0.6 is 0 Å². The third-order valence-corrected chi connectivity index (χ3v) is 10.0. The second kappa shape index (κ2) is 17.9. The Morgan fingerprint density at radius 3 is 1.23 bits per heavy atom. The number of ether oxygens (including phenoxy) is 2. The fourth-order valence-corrected chi connectivity index (χ4v) is 7.43. The molecule has 0 fully saturated rings. The minimum atomic E-state index is -0.309. The van der Waals surface area contributed by atoms with E-state index < -0.39 is 0 Å². The third kappa shape index (κ3) is 9.14. The van der Waals surface area contributed by atoms with Crippen LogP contribution in [0.1, 0.15) is 129 Å². The predicted molar refractivity (Wildman–Crippen MR) is 206 cm³/mol. The highest BCUT2D eigenvalue weighted by Crippen LogP contribution is 2.31. The average molecular weight is 718 g/mol. The highest BCUT2D eigenvalue weighted by Gasteiger charge is 2.25. The van der Waals surface area contributed by atoms with Crippen molar-refractivity contribution in [2.24, 2.45) is 0 Å². The number of carbonyl (C=O) groups excluding carboxylic acids is 4. The summed E-state index contributed by atoms with van der Waals surface area (Å²) >= 11 is 0. The first kappa shape index (κ1) is 38.8. The molecule has 3 aromatic heterocycles. The lowest BCUT2D eigenvalue weighted by atomic mass is 9.96. The van der Waals surface area contributed by atoms with E-state index in [1.54, 1.807) is 0 Å². The van der Waals surface area contributed by atoms with Crippen molar-refractivity contribution in [2.45, 2.75) is 92.9 Å². The molecule has 5 rings (SSSR count). The molecule has 0 aliphatic carbocycles. The summed E-state index contributed by atoms with van der Waals surface area (Å²) in [7, 11) is 0. The molecular formula is C44H51N3O6. The maximum Gasteiger partial charge on any atom is 0.302 e. The van der Waals surface area contributed by atoms with Crippen LogP contribution in [0, 0.1) is 13.8 Å². The second-order valence-corrected chi connectivity index (χ2v) is 13.5. The smallest absolute Gasteiger partial charge is 0.302 e. The fourth-order valence-electron chi connectivity index (χ4n) is 7.43. The average Bonchev–Trinajstić information content (AvgIpc) is 3.77. The van der Waals surface area contributed by atoms with Crippen LogP contribution in [0.2, 0.25) is 0 Å². The van der Waals surface area contributed by atoms with Gasteiger partial charge in [0.25, 0.3) is 0 Å². The minimum Gasteiger partial charge on any atom is -0.466 e. The van der Waals surface area contributed by atoms with Crippen molar-refractivity contribution in [2.75, 3.05) is 13.2 Å². The van der Waals surface area contributed by atoms with Gasteiger partial charge in [-0.25, -0.2) is 0 Å². The monoisotopic (exact) mass is 717 g/mol. The topological polar surface area (TPSA) is 134 Å². The predicted octanol–water partition coefficient (Wildman–Crippen LogP) is 8.05. The molecule has 0 saturated heterocycles. The molecule has 2 aromatic carbocycles. The number of hydrogen-bond donors (Lipinski definition) is 3. The van der Waals surface area contributed by atoms with Crippen molar-refractivity contribution in [3.8, 4) is 0 Å². The lowest BCUT2D eigenvalue weighted by molar-refractivity contribution is -0.142. The molecule has 3 heterocycles. The number of rotatable bonds is 18. The summed E-state index contributed by atoms with van der Waals surface area (Å²) in [5.74, 6) is -0.735. The molecule has 0 amide bonds. The largest absolute Gasteiger partial charge is 0.466 e. The number of carbonyl (C=O) groups is 4. The number of ketones is 2. The van der Waals surface area contributed by atoms with E-state index in [4.69, 9.17) is 9.47 Å². The van der Waals surface area contributed by atoms with Crippen molar-refractivity contribution in [1.29, 1.82) is 0 Å². The summed E-state index contributed by atoms with van der Waals surface area (Å²) in [6, 6.07) is 18.6. The molecule has 0 saturated carbocycles. The summed E-state index contributed by atoms with van der Waals surface area (Å²) in [6.07, 6.45) is 5.36. The zero-order valence-electron chi connectivity index (χ0n) is 31.8. The quantitative estimate of drug-likeness (QED) is 0.0477. The molecule has 5 aromatic rings. The molecule has 3 N–H and O–H groups in total. The molecule has 0 aliphatic rings. The Labute approximate surface area is 311 Å². The Bertz CT molecular complexity index is 1920. The summed E-state index contributed by atoms with van der Waals surface area (Å²) in [5.41, 5.74) is 12.9. The zero-order valence-corrected chi connectivity index (χ0v) is 31.8. The van der Waals surface area contributed by atoms with E-state index in [9.17, 15) is 19.2 Å². The number of esters is 2. The van der Waals surface area contributed by atoms with Gasteiger partial charge in [-0.1, -0.05) is 74.5 Å².